The van der Waals surface area contributed by atoms with Gasteiger partial charge in [-0.25, -0.2) is 4.39 Å². The number of aromatic nitrogens is 1. The van der Waals surface area contributed by atoms with Crippen molar-refractivity contribution in [3.05, 3.63) is 29.8 Å². The topological polar surface area (TPSA) is 56.8 Å². The molecular formula is C18H25FN4O2. The molecule has 0 radical (unpaired) electrons. The van der Waals surface area contributed by atoms with Crippen molar-refractivity contribution in [2.24, 2.45) is 0 Å². The molecule has 0 saturated carbocycles. The smallest absolute Gasteiger partial charge is 0.257 e. The third-order valence-corrected chi connectivity index (χ3v) is 5.18. The van der Waals surface area contributed by atoms with Gasteiger partial charge in [0, 0.05) is 45.5 Å². The normalized spacial score (nSPS) is 20.4. The zero-order valence-corrected chi connectivity index (χ0v) is 14.7. The van der Waals surface area contributed by atoms with Gasteiger partial charge in [0.2, 0.25) is 5.91 Å². The van der Waals surface area contributed by atoms with Gasteiger partial charge in [-0.1, -0.05) is 0 Å². The lowest BCUT2D eigenvalue weighted by Gasteiger charge is -2.39. The Balaban J connectivity index is 1.55. The Bertz CT molecular complexity index is 625. The van der Waals surface area contributed by atoms with E-state index >= 15 is 0 Å². The lowest BCUT2D eigenvalue weighted by molar-refractivity contribution is -0.137. The highest BCUT2D eigenvalue weighted by Gasteiger charge is 2.31. The van der Waals surface area contributed by atoms with E-state index in [1.54, 1.807) is 4.90 Å². The number of nitrogens with zero attached hydrogens (tertiary/aromatic N) is 4. The molecule has 1 atom stereocenters. The Labute approximate surface area is 147 Å². The van der Waals surface area contributed by atoms with E-state index in [0.717, 1.165) is 32.1 Å². The number of hydrogen-bond donors (Lipinski definition) is 0. The number of amides is 2. The van der Waals surface area contributed by atoms with Crippen LogP contribution < -0.4 is 0 Å². The van der Waals surface area contributed by atoms with E-state index in [1.165, 1.54) is 18.7 Å². The molecule has 3 heterocycles. The summed E-state index contributed by atoms with van der Waals surface area (Å²) in [6.45, 7) is 5.89. The van der Waals surface area contributed by atoms with E-state index in [4.69, 9.17) is 0 Å². The summed E-state index contributed by atoms with van der Waals surface area (Å²) in [5.41, 5.74) is 0.0564. The highest BCUT2D eigenvalue weighted by Crippen LogP contribution is 2.16. The second-order valence-corrected chi connectivity index (χ2v) is 6.75. The second-order valence-electron chi connectivity index (χ2n) is 6.75. The summed E-state index contributed by atoms with van der Waals surface area (Å²) >= 11 is 0. The fraction of sp³-hybridized carbons (Fsp3) is 0.611. The molecule has 0 aliphatic carbocycles. The van der Waals surface area contributed by atoms with Crippen LogP contribution in [0.4, 0.5) is 4.39 Å². The van der Waals surface area contributed by atoms with Crippen LogP contribution in [0, 0.1) is 5.82 Å². The van der Waals surface area contributed by atoms with Crippen molar-refractivity contribution in [2.75, 3.05) is 39.3 Å². The summed E-state index contributed by atoms with van der Waals surface area (Å²) < 4.78 is 13.7. The molecule has 136 valence electrons. The maximum Gasteiger partial charge on any atom is 0.257 e. The first-order chi connectivity index (χ1) is 12.1. The van der Waals surface area contributed by atoms with Gasteiger partial charge in [-0.15, -0.1) is 0 Å². The second kappa shape index (κ2) is 7.91. The van der Waals surface area contributed by atoms with Crippen LogP contribution in [0.1, 0.15) is 36.5 Å². The molecule has 3 rings (SSSR count). The molecule has 0 bridgehead atoms. The maximum absolute atomic E-state index is 13.7. The molecule has 25 heavy (non-hydrogen) atoms. The van der Waals surface area contributed by atoms with E-state index < -0.39 is 5.82 Å². The van der Waals surface area contributed by atoms with Crippen LogP contribution in [-0.4, -0.2) is 76.8 Å². The average molecular weight is 348 g/mol. The quantitative estimate of drug-likeness (QED) is 0.828. The number of rotatable bonds is 3. The lowest BCUT2D eigenvalue weighted by atomic mass is 10.1. The predicted octanol–water partition coefficient (Wildman–Crippen LogP) is 1.38. The third kappa shape index (κ3) is 3.98. The van der Waals surface area contributed by atoms with Gasteiger partial charge in [0.15, 0.2) is 5.82 Å². The van der Waals surface area contributed by atoms with Gasteiger partial charge < -0.3 is 9.80 Å². The van der Waals surface area contributed by atoms with Crippen molar-refractivity contribution in [1.29, 1.82) is 0 Å². The number of hydrogen-bond acceptors (Lipinski definition) is 4. The Morgan fingerprint density at radius 3 is 2.36 bits per heavy atom. The molecular weight excluding hydrogens is 323 g/mol. The third-order valence-electron chi connectivity index (χ3n) is 5.18. The van der Waals surface area contributed by atoms with Crippen LogP contribution in [0.3, 0.4) is 0 Å². The summed E-state index contributed by atoms with van der Waals surface area (Å²) in [7, 11) is 0. The Hall–Kier alpha value is -2.02. The van der Waals surface area contributed by atoms with E-state index in [2.05, 4.69) is 9.88 Å². The van der Waals surface area contributed by atoms with Crippen molar-refractivity contribution < 1.29 is 14.0 Å². The number of pyridine rings is 1. The number of carbonyl (C=O) groups excluding carboxylic acids is 2. The van der Waals surface area contributed by atoms with Gasteiger partial charge in [-0.3, -0.25) is 19.5 Å². The number of piperidine rings is 1. The van der Waals surface area contributed by atoms with Gasteiger partial charge in [-0.05, 0) is 32.3 Å². The van der Waals surface area contributed by atoms with Crippen LogP contribution in [0.15, 0.2) is 18.5 Å². The molecule has 2 aliphatic rings. The summed E-state index contributed by atoms with van der Waals surface area (Å²) in [5.74, 6) is -0.724. The zero-order chi connectivity index (χ0) is 17.8. The molecule has 1 aromatic rings. The molecule has 2 amide bonds. The minimum Gasteiger partial charge on any atom is -0.341 e. The van der Waals surface area contributed by atoms with Crippen LogP contribution in [-0.2, 0) is 4.79 Å². The van der Waals surface area contributed by atoms with Crippen molar-refractivity contribution >= 4 is 11.8 Å². The zero-order valence-electron chi connectivity index (χ0n) is 14.7. The average Bonchev–Trinajstić information content (AvgIpc) is 2.67. The number of likely N-dealkylation sites (tertiary alicyclic amines) is 1. The largest absolute Gasteiger partial charge is 0.341 e. The Morgan fingerprint density at radius 2 is 1.72 bits per heavy atom. The SMILES string of the molecule is C[C@@H](C(=O)N1CCCCC1)N1CCN(C(=O)c2ccncc2F)CC1. The number of halogens is 1. The summed E-state index contributed by atoms with van der Waals surface area (Å²) in [6, 6.07) is 1.24. The van der Waals surface area contributed by atoms with E-state index in [0.29, 0.717) is 26.2 Å². The molecule has 6 nitrogen and oxygen atoms in total. The molecule has 2 saturated heterocycles. The number of piperazine rings is 1. The molecule has 2 aliphatic heterocycles. The lowest BCUT2D eigenvalue weighted by Crippen LogP contribution is -2.56. The van der Waals surface area contributed by atoms with Crippen molar-refractivity contribution in [3.8, 4) is 0 Å². The molecule has 1 aromatic heterocycles. The molecule has 0 spiro atoms. The fourth-order valence-corrected chi connectivity index (χ4v) is 3.57. The van der Waals surface area contributed by atoms with E-state index in [9.17, 15) is 14.0 Å². The Kier molecular flexibility index (Phi) is 5.63. The van der Waals surface area contributed by atoms with Gasteiger partial charge in [-0.2, -0.15) is 0 Å². The first-order valence-corrected chi connectivity index (χ1v) is 8.99. The van der Waals surface area contributed by atoms with Crippen LogP contribution in [0.5, 0.6) is 0 Å². The number of carbonyl (C=O) groups is 2. The highest BCUT2D eigenvalue weighted by atomic mass is 19.1. The van der Waals surface area contributed by atoms with Crippen LogP contribution in [0.25, 0.3) is 0 Å². The van der Waals surface area contributed by atoms with Crippen molar-refractivity contribution in [1.82, 2.24) is 19.7 Å². The molecule has 0 aromatic carbocycles. The van der Waals surface area contributed by atoms with E-state index in [-0.39, 0.29) is 23.4 Å². The van der Waals surface area contributed by atoms with Crippen molar-refractivity contribution in [3.63, 3.8) is 0 Å². The minimum absolute atomic E-state index is 0.0564. The fourth-order valence-electron chi connectivity index (χ4n) is 3.57. The van der Waals surface area contributed by atoms with Gasteiger partial charge in [0.05, 0.1) is 17.8 Å². The van der Waals surface area contributed by atoms with Crippen LogP contribution >= 0.6 is 0 Å². The first kappa shape index (κ1) is 17.8. The molecule has 0 unspecified atom stereocenters. The first-order valence-electron chi connectivity index (χ1n) is 8.99. The monoisotopic (exact) mass is 348 g/mol. The Morgan fingerprint density at radius 1 is 1.04 bits per heavy atom. The minimum atomic E-state index is -0.594. The van der Waals surface area contributed by atoms with Gasteiger partial charge in [0.25, 0.3) is 5.91 Å². The summed E-state index contributed by atoms with van der Waals surface area (Å²) in [5, 5.41) is 0. The standard InChI is InChI=1S/C18H25FN4O2/c1-14(17(24)22-7-3-2-4-8-22)21-9-11-23(12-10-21)18(25)15-5-6-20-13-16(15)19/h5-6,13-14H,2-4,7-12H2,1H3/t14-/m0/s1. The molecule has 7 heteroatoms. The molecule has 0 N–H and O–H groups in total. The predicted molar refractivity (Wildman–Crippen MR) is 91.6 cm³/mol. The van der Waals surface area contributed by atoms with E-state index in [1.807, 2.05) is 11.8 Å². The molecule has 2 fully saturated rings. The van der Waals surface area contributed by atoms with Gasteiger partial charge in [0.1, 0.15) is 0 Å². The highest BCUT2D eigenvalue weighted by molar-refractivity contribution is 5.94. The van der Waals surface area contributed by atoms with Crippen molar-refractivity contribution in [2.45, 2.75) is 32.2 Å². The maximum atomic E-state index is 13.7. The summed E-state index contributed by atoms with van der Waals surface area (Å²) in [6.07, 6.45) is 5.84. The van der Waals surface area contributed by atoms with Gasteiger partial charge >= 0.3 is 0 Å². The van der Waals surface area contributed by atoms with Crippen LogP contribution in [0.2, 0.25) is 0 Å². The summed E-state index contributed by atoms with van der Waals surface area (Å²) in [4.78, 5) is 34.5.